The Kier molecular flexibility index (Phi) is 5.79. The first-order chi connectivity index (χ1) is 15.7. The summed E-state index contributed by atoms with van der Waals surface area (Å²) in [5, 5.41) is 12.7. The van der Waals surface area contributed by atoms with E-state index in [0.29, 0.717) is 24.0 Å². The van der Waals surface area contributed by atoms with Crippen LogP contribution < -0.4 is 15.0 Å². The molecule has 0 amide bonds. The molecule has 1 unspecified atom stereocenters. The first kappa shape index (κ1) is 20.5. The van der Waals surface area contributed by atoms with Crippen LogP contribution >= 0.6 is 0 Å². The Morgan fingerprint density at radius 3 is 2.69 bits per heavy atom. The second-order valence-corrected chi connectivity index (χ2v) is 8.83. The molecule has 5 heteroatoms. The molecular formula is C27H28N4O. The fraction of sp³-hybridized carbons (Fsp3) is 0.333. The van der Waals surface area contributed by atoms with Crippen molar-refractivity contribution in [1.29, 1.82) is 5.26 Å². The van der Waals surface area contributed by atoms with Crippen LogP contribution in [0, 0.1) is 24.2 Å². The number of hydrogen-bond donors (Lipinski definition) is 1. The molecule has 32 heavy (non-hydrogen) atoms. The molecule has 1 N–H and O–H groups in total. The number of nitrogens with one attached hydrogen (secondary N) is 1. The number of hydrogen-bond acceptors (Lipinski definition) is 5. The SMILES string of the molecule is Cc1ccc(COc2nc3c(cc2-c2ccc(C#N)cc2)N(CC2CCNC2)CC3)cc1. The van der Waals surface area contributed by atoms with E-state index < -0.39 is 0 Å². The van der Waals surface area contributed by atoms with Crippen molar-refractivity contribution in [3.8, 4) is 23.1 Å². The molecule has 0 radical (unpaired) electrons. The number of nitriles is 1. The minimum absolute atomic E-state index is 0.479. The molecule has 5 nitrogen and oxygen atoms in total. The highest BCUT2D eigenvalue weighted by Gasteiger charge is 2.27. The molecule has 3 heterocycles. The molecule has 2 aromatic carbocycles. The maximum atomic E-state index is 9.18. The third-order valence-electron chi connectivity index (χ3n) is 6.46. The summed E-state index contributed by atoms with van der Waals surface area (Å²) >= 11 is 0. The lowest BCUT2D eigenvalue weighted by Gasteiger charge is -2.23. The molecule has 1 saturated heterocycles. The van der Waals surface area contributed by atoms with Gasteiger partial charge >= 0.3 is 0 Å². The van der Waals surface area contributed by atoms with E-state index in [4.69, 9.17) is 9.72 Å². The molecule has 0 saturated carbocycles. The first-order valence-electron chi connectivity index (χ1n) is 11.4. The Bertz CT molecular complexity index is 1130. The second kappa shape index (κ2) is 9.02. The maximum Gasteiger partial charge on any atom is 0.222 e. The third-order valence-corrected chi connectivity index (χ3v) is 6.46. The van der Waals surface area contributed by atoms with Crippen LogP contribution in [-0.4, -0.2) is 31.2 Å². The van der Waals surface area contributed by atoms with Crippen LogP contribution in [0.2, 0.25) is 0 Å². The van der Waals surface area contributed by atoms with Crippen molar-refractivity contribution in [3.05, 3.63) is 77.0 Å². The predicted molar refractivity (Wildman–Crippen MR) is 127 cm³/mol. The van der Waals surface area contributed by atoms with Gasteiger partial charge in [-0.2, -0.15) is 5.26 Å². The molecule has 2 aliphatic heterocycles. The summed E-state index contributed by atoms with van der Waals surface area (Å²) in [5.41, 5.74) is 7.36. The maximum absolute atomic E-state index is 9.18. The van der Waals surface area contributed by atoms with Gasteiger partial charge in [-0.25, -0.2) is 4.98 Å². The van der Waals surface area contributed by atoms with Gasteiger partial charge in [0.2, 0.25) is 5.88 Å². The molecule has 0 spiro atoms. The van der Waals surface area contributed by atoms with Crippen molar-refractivity contribution < 1.29 is 4.74 Å². The topological polar surface area (TPSA) is 61.2 Å². The van der Waals surface area contributed by atoms with Gasteiger partial charge in [-0.1, -0.05) is 42.0 Å². The van der Waals surface area contributed by atoms with Gasteiger partial charge in [-0.05, 0) is 61.7 Å². The van der Waals surface area contributed by atoms with E-state index in [0.717, 1.165) is 55.0 Å². The van der Waals surface area contributed by atoms with E-state index in [9.17, 15) is 5.26 Å². The average Bonchev–Trinajstić information content (AvgIpc) is 3.48. The Morgan fingerprint density at radius 1 is 1.16 bits per heavy atom. The van der Waals surface area contributed by atoms with Gasteiger partial charge < -0.3 is 15.0 Å². The van der Waals surface area contributed by atoms with Crippen molar-refractivity contribution in [1.82, 2.24) is 10.3 Å². The number of rotatable bonds is 6. The van der Waals surface area contributed by atoms with Crippen LogP contribution in [0.4, 0.5) is 5.69 Å². The zero-order valence-electron chi connectivity index (χ0n) is 18.5. The van der Waals surface area contributed by atoms with Crippen molar-refractivity contribution >= 4 is 5.69 Å². The molecule has 5 rings (SSSR count). The number of nitrogens with zero attached hydrogens (tertiary/aromatic N) is 3. The molecule has 1 fully saturated rings. The molecule has 2 aliphatic rings. The highest BCUT2D eigenvalue weighted by molar-refractivity contribution is 5.75. The summed E-state index contributed by atoms with van der Waals surface area (Å²) in [7, 11) is 0. The van der Waals surface area contributed by atoms with Crippen molar-refractivity contribution in [2.24, 2.45) is 5.92 Å². The number of ether oxygens (including phenoxy) is 1. The predicted octanol–water partition coefficient (Wildman–Crippen LogP) is 4.48. The fourth-order valence-corrected chi connectivity index (χ4v) is 4.59. The van der Waals surface area contributed by atoms with E-state index in [1.165, 1.54) is 17.7 Å². The number of anilines is 1. The Balaban J connectivity index is 1.47. The monoisotopic (exact) mass is 424 g/mol. The van der Waals surface area contributed by atoms with Crippen LogP contribution in [0.3, 0.4) is 0 Å². The highest BCUT2D eigenvalue weighted by Crippen LogP contribution is 2.38. The molecule has 0 aliphatic carbocycles. The molecule has 3 aromatic rings. The number of aryl methyl sites for hydroxylation is 1. The van der Waals surface area contributed by atoms with E-state index in [2.05, 4.69) is 53.5 Å². The average molecular weight is 425 g/mol. The van der Waals surface area contributed by atoms with Gasteiger partial charge in [0, 0.05) is 25.1 Å². The summed E-state index contributed by atoms with van der Waals surface area (Å²) in [4.78, 5) is 7.47. The van der Waals surface area contributed by atoms with Gasteiger partial charge in [0.05, 0.1) is 23.0 Å². The van der Waals surface area contributed by atoms with E-state index in [-0.39, 0.29) is 0 Å². The van der Waals surface area contributed by atoms with E-state index in [1.54, 1.807) is 0 Å². The molecule has 1 atom stereocenters. The van der Waals surface area contributed by atoms with Crippen molar-refractivity contribution in [2.45, 2.75) is 26.4 Å². The molecule has 0 bridgehead atoms. The first-order valence-corrected chi connectivity index (χ1v) is 11.4. The number of fused-ring (bicyclic) bond motifs is 1. The summed E-state index contributed by atoms with van der Waals surface area (Å²) in [5.74, 6) is 1.36. The zero-order chi connectivity index (χ0) is 21.9. The minimum Gasteiger partial charge on any atom is -0.472 e. The van der Waals surface area contributed by atoms with E-state index >= 15 is 0 Å². The van der Waals surface area contributed by atoms with Crippen molar-refractivity contribution in [2.75, 3.05) is 31.1 Å². The fourth-order valence-electron chi connectivity index (χ4n) is 4.59. The van der Waals surface area contributed by atoms with Gasteiger partial charge in [-0.3, -0.25) is 0 Å². The van der Waals surface area contributed by atoms with Gasteiger partial charge in [0.25, 0.3) is 0 Å². The summed E-state index contributed by atoms with van der Waals surface area (Å²) in [6.45, 7) is 6.85. The summed E-state index contributed by atoms with van der Waals surface area (Å²) in [6.07, 6.45) is 2.18. The lowest BCUT2D eigenvalue weighted by Crippen LogP contribution is -2.28. The number of pyridine rings is 1. The van der Waals surface area contributed by atoms with Crippen LogP contribution in [0.15, 0.2) is 54.6 Å². The molecule has 162 valence electrons. The quantitative estimate of drug-likeness (QED) is 0.632. The lowest BCUT2D eigenvalue weighted by atomic mass is 10.0. The summed E-state index contributed by atoms with van der Waals surface area (Å²) in [6, 6.07) is 20.5. The summed E-state index contributed by atoms with van der Waals surface area (Å²) < 4.78 is 6.26. The minimum atomic E-state index is 0.479. The Labute approximate surface area is 189 Å². The van der Waals surface area contributed by atoms with Gasteiger partial charge in [0.1, 0.15) is 6.61 Å². The smallest absolute Gasteiger partial charge is 0.222 e. The van der Waals surface area contributed by atoms with Crippen LogP contribution in [0.1, 0.15) is 28.8 Å². The number of benzene rings is 2. The molecular weight excluding hydrogens is 396 g/mol. The standard InChI is InChI=1S/C27H28N4O/c1-19-2-4-21(5-3-19)18-32-27-24(23-8-6-20(15-28)7-9-23)14-26-25(30-27)11-13-31(26)17-22-10-12-29-16-22/h2-9,14,22,29H,10-13,16-18H2,1H3. The normalized spacial score (nSPS) is 17.2. The second-order valence-electron chi connectivity index (χ2n) is 8.83. The number of aromatic nitrogens is 1. The highest BCUT2D eigenvalue weighted by atomic mass is 16.5. The lowest BCUT2D eigenvalue weighted by molar-refractivity contribution is 0.294. The van der Waals surface area contributed by atoms with Crippen LogP contribution in [0.25, 0.3) is 11.1 Å². The van der Waals surface area contributed by atoms with Gasteiger partial charge in [0.15, 0.2) is 0 Å². The van der Waals surface area contributed by atoms with Gasteiger partial charge in [-0.15, -0.1) is 0 Å². The third kappa shape index (κ3) is 4.32. The van der Waals surface area contributed by atoms with Crippen LogP contribution in [0.5, 0.6) is 5.88 Å². The largest absolute Gasteiger partial charge is 0.472 e. The zero-order valence-corrected chi connectivity index (χ0v) is 18.5. The van der Waals surface area contributed by atoms with Crippen LogP contribution in [-0.2, 0) is 13.0 Å². The molecule has 1 aromatic heterocycles. The van der Waals surface area contributed by atoms with E-state index in [1.807, 2.05) is 24.3 Å². The van der Waals surface area contributed by atoms with Crippen molar-refractivity contribution in [3.63, 3.8) is 0 Å². The Morgan fingerprint density at radius 2 is 1.97 bits per heavy atom. The Hall–Kier alpha value is -3.36.